The van der Waals surface area contributed by atoms with E-state index in [1.807, 2.05) is 24.3 Å². The molecule has 3 N–H and O–H groups in total. The van der Waals surface area contributed by atoms with E-state index in [-0.39, 0.29) is 6.03 Å². The number of urea groups is 1. The van der Waals surface area contributed by atoms with Crippen LogP contribution in [0.15, 0.2) is 24.3 Å². The monoisotopic (exact) mass is 260 g/mol. The number of unbranched alkanes of at least 4 members (excludes halogenated alkanes) is 3. The number of carbonyl (C=O) groups is 1. The van der Waals surface area contributed by atoms with Crippen molar-refractivity contribution >= 4 is 23.0 Å². The summed E-state index contributed by atoms with van der Waals surface area (Å²) >= 11 is 0. The number of benzene rings is 1. The minimum absolute atomic E-state index is 0.212. The number of H-pyrrole nitrogens is 1. The third-order valence-corrected chi connectivity index (χ3v) is 2.94. The second-order valence-electron chi connectivity index (χ2n) is 4.54. The molecule has 0 bridgehead atoms. The van der Waals surface area contributed by atoms with E-state index in [2.05, 4.69) is 27.5 Å². The standard InChI is InChI=1S/C14H20N4O/c1-2-3-4-7-10-15-14(19)18-13-16-11-8-5-6-9-12(11)17-13/h5-6,8-9H,2-4,7,10H2,1H3,(H3,15,16,17,18,19). The number of hydrogen-bond acceptors (Lipinski definition) is 2. The van der Waals surface area contributed by atoms with Crippen LogP contribution in [0.4, 0.5) is 10.7 Å². The first kappa shape index (κ1) is 13.4. The number of aromatic nitrogens is 2. The van der Waals surface area contributed by atoms with E-state index in [9.17, 15) is 4.79 Å². The van der Waals surface area contributed by atoms with Crippen molar-refractivity contribution in [3.63, 3.8) is 0 Å². The van der Waals surface area contributed by atoms with Crippen LogP contribution in [0.5, 0.6) is 0 Å². The number of aromatic amines is 1. The second-order valence-corrected chi connectivity index (χ2v) is 4.54. The van der Waals surface area contributed by atoms with Crippen LogP contribution in [-0.4, -0.2) is 22.5 Å². The number of rotatable bonds is 6. The first-order valence-corrected chi connectivity index (χ1v) is 6.79. The van der Waals surface area contributed by atoms with Crippen LogP contribution in [0.1, 0.15) is 32.6 Å². The van der Waals surface area contributed by atoms with Gasteiger partial charge in [0.1, 0.15) is 0 Å². The van der Waals surface area contributed by atoms with Gasteiger partial charge < -0.3 is 10.3 Å². The lowest BCUT2D eigenvalue weighted by atomic mass is 10.2. The summed E-state index contributed by atoms with van der Waals surface area (Å²) in [5, 5.41) is 5.53. The largest absolute Gasteiger partial charge is 0.338 e. The number of hydrogen-bond donors (Lipinski definition) is 3. The van der Waals surface area contributed by atoms with Crippen molar-refractivity contribution in [3.05, 3.63) is 24.3 Å². The smallest absolute Gasteiger partial charge is 0.321 e. The fraction of sp³-hybridized carbons (Fsp3) is 0.429. The maximum absolute atomic E-state index is 11.6. The zero-order chi connectivity index (χ0) is 13.5. The molecule has 19 heavy (non-hydrogen) atoms. The summed E-state index contributed by atoms with van der Waals surface area (Å²) in [6.45, 7) is 2.87. The zero-order valence-electron chi connectivity index (χ0n) is 11.2. The van der Waals surface area contributed by atoms with Crippen LogP contribution < -0.4 is 10.6 Å². The fourth-order valence-electron chi connectivity index (χ4n) is 1.92. The zero-order valence-corrected chi connectivity index (χ0v) is 11.2. The van der Waals surface area contributed by atoms with Gasteiger partial charge in [0.25, 0.3) is 0 Å². The Hall–Kier alpha value is -2.04. The summed E-state index contributed by atoms with van der Waals surface area (Å²) in [6, 6.07) is 7.46. The Kier molecular flexibility index (Phi) is 4.78. The second kappa shape index (κ2) is 6.78. The first-order valence-electron chi connectivity index (χ1n) is 6.79. The number of imidazole rings is 1. The molecule has 5 heteroatoms. The van der Waals surface area contributed by atoms with Gasteiger partial charge in [0.2, 0.25) is 5.95 Å². The molecule has 0 saturated carbocycles. The summed E-state index contributed by atoms with van der Waals surface area (Å²) in [5.41, 5.74) is 1.77. The van der Waals surface area contributed by atoms with Crippen LogP contribution >= 0.6 is 0 Å². The Labute approximate surface area is 112 Å². The van der Waals surface area contributed by atoms with Gasteiger partial charge >= 0.3 is 6.03 Å². The predicted octanol–water partition coefficient (Wildman–Crippen LogP) is 3.26. The van der Waals surface area contributed by atoms with Gasteiger partial charge in [-0.3, -0.25) is 5.32 Å². The van der Waals surface area contributed by atoms with E-state index < -0.39 is 0 Å². The lowest BCUT2D eigenvalue weighted by molar-refractivity contribution is 0.251. The Morgan fingerprint density at radius 2 is 2.11 bits per heavy atom. The number of nitrogens with zero attached hydrogens (tertiary/aromatic N) is 1. The van der Waals surface area contributed by atoms with Gasteiger partial charge in [0.15, 0.2) is 0 Å². The molecule has 1 aromatic heterocycles. The van der Waals surface area contributed by atoms with E-state index in [1.165, 1.54) is 12.8 Å². The van der Waals surface area contributed by atoms with Gasteiger partial charge in [-0.25, -0.2) is 9.78 Å². The molecule has 0 spiro atoms. The van der Waals surface area contributed by atoms with Gasteiger partial charge in [-0.05, 0) is 18.6 Å². The molecule has 1 aromatic carbocycles. The summed E-state index contributed by atoms with van der Waals surface area (Å²) in [6.07, 6.45) is 4.58. The lowest BCUT2D eigenvalue weighted by Crippen LogP contribution is -2.29. The quantitative estimate of drug-likeness (QED) is 0.698. The van der Waals surface area contributed by atoms with E-state index in [4.69, 9.17) is 0 Å². The Balaban J connectivity index is 1.78. The van der Waals surface area contributed by atoms with Crippen molar-refractivity contribution in [1.82, 2.24) is 15.3 Å². The summed E-state index contributed by atoms with van der Waals surface area (Å²) in [7, 11) is 0. The third kappa shape index (κ3) is 3.98. The molecule has 2 rings (SSSR count). The summed E-state index contributed by atoms with van der Waals surface area (Å²) in [4.78, 5) is 19.0. The van der Waals surface area contributed by atoms with Crippen molar-refractivity contribution in [2.75, 3.05) is 11.9 Å². The highest BCUT2D eigenvalue weighted by atomic mass is 16.2. The average Bonchev–Trinajstić information content (AvgIpc) is 2.80. The maximum atomic E-state index is 11.6. The normalized spacial score (nSPS) is 10.6. The van der Waals surface area contributed by atoms with Crippen molar-refractivity contribution in [3.8, 4) is 0 Å². The maximum Gasteiger partial charge on any atom is 0.321 e. The molecular formula is C14H20N4O. The molecule has 0 aliphatic rings. The van der Waals surface area contributed by atoms with Crippen LogP contribution in [0.3, 0.4) is 0 Å². The molecule has 2 amide bonds. The minimum Gasteiger partial charge on any atom is -0.338 e. The molecule has 102 valence electrons. The fourth-order valence-corrected chi connectivity index (χ4v) is 1.92. The summed E-state index contributed by atoms with van der Waals surface area (Å²) in [5.74, 6) is 0.479. The van der Waals surface area contributed by atoms with Gasteiger partial charge in [-0.15, -0.1) is 0 Å². The Morgan fingerprint density at radius 1 is 1.26 bits per heavy atom. The molecule has 0 saturated heterocycles. The molecule has 0 atom stereocenters. The first-order chi connectivity index (χ1) is 9.29. The highest BCUT2D eigenvalue weighted by Gasteiger charge is 2.05. The number of amides is 2. The predicted molar refractivity (Wildman–Crippen MR) is 77.3 cm³/mol. The van der Waals surface area contributed by atoms with Crippen LogP contribution in [0, 0.1) is 0 Å². The molecule has 0 aliphatic heterocycles. The van der Waals surface area contributed by atoms with E-state index in [0.717, 1.165) is 23.9 Å². The van der Waals surface area contributed by atoms with Crippen molar-refractivity contribution in [2.24, 2.45) is 0 Å². The Morgan fingerprint density at radius 3 is 2.89 bits per heavy atom. The number of para-hydroxylation sites is 2. The van der Waals surface area contributed by atoms with Gasteiger partial charge in [-0.2, -0.15) is 0 Å². The topological polar surface area (TPSA) is 69.8 Å². The highest BCUT2D eigenvalue weighted by molar-refractivity contribution is 5.89. The average molecular weight is 260 g/mol. The molecular weight excluding hydrogens is 240 g/mol. The van der Waals surface area contributed by atoms with Gasteiger partial charge in [0, 0.05) is 6.54 Å². The number of nitrogens with one attached hydrogen (secondary N) is 3. The van der Waals surface area contributed by atoms with Crippen LogP contribution in [0.25, 0.3) is 11.0 Å². The van der Waals surface area contributed by atoms with E-state index in [1.54, 1.807) is 0 Å². The van der Waals surface area contributed by atoms with E-state index in [0.29, 0.717) is 12.5 Å². The van der Waals surface area contributed by atoms with Crippen molar-refractivity contribution in [2.45, 2.75) is 32.6 Å². The molecule has 0 aliphatic carbocycles. The molecule has 5 nitrogen and oxygen atoms in total. The van der Waals surface area contributed by atoms with Crippen LogP contribution in [0.2, 0.25) is 0 Å². The molecule has 1 heterocycles. The van der Waals surface area contributed by atoms with Gasteiger partial charge in [0.05, 0.1) is 11.0 Å². The molecule has 2 aromatic rings. The molecule has 0 radical (unpaired) electrons. The molecule has 0 fully saturated rings. The summed E-state index contributed by atoms with van der Waals surface area (Å²) < 4.78 is 0. The number of carbonyl (C=O) groups excluding carboxylic acids is 1. The third-order valence-electron chi connectivity index (χ3n) is 2.94. The van der Waals surface area contributed by atoms with Crippen molar-refractivity contribution < 1.29 is 4.79 Å². The lowest BCUT2D eigenvalue weighted by Gasteiger charge is -2.04. The van der Waals surface area contributed by atoms with Crippen molar-refractivity contribution in [1.29, 1.82) is 0 Å². The molecule has 0 unspecified atom stereocenters. The SMILES string of the molecule is CCCCCCNC(=O)Nc1nc2ccccc2[nH]1. The van der Waals surface area contributed by atoms with Gasteiger partial charge in [-0.1, -0.05) is 38.3 Å². The number of fused-ring (bicyclic) bond motifs is 1. The minimum atomic E-state index is -0.212. The van der Waals surface area contributed by atoms with Crippen LogP contribution in [-0.2, 0) is 0 Å². The Bertz CT molecular complexity index is 502. The highest BCUT2D eigenvalue weighted by Crippen LogP contribution is 2.12. The number of anilines is 1. The van der Waals surface area contributed by atoms with E-state index >= 15 is 0 Å².